The van der Waals surface area contributed by atoms with Gasteiger partial charge in [0.1, 0.15) is 0 Å². The van der Waals surface area contributed by atoms with Gasteiger partial charge in [-0.15, -0.1) is 0 Å². The summed E-state index contributed by atoms with van der Waals surface area (Å²) in [4.78, 5) is 4.87. The predicted molar refractivity (Wildman–Crippen MR) is 85.3 cm³/mol. The second-order valence-corrected chi connectivity index (χ2v) is 17.2. The van der Waals surface area contributed by atoms with E-state index in [-0.39, 0.29) is 0 Å². The summed E-state index contributed by atoms with van der Waals surface area (Å²) in [5.41, 5.74) is 0.828. The first-order valence-corrected chi connectivity index (χ1v) is 14.4. The summed E-state index contributed by atoms with van der Waals surface area (Å²) in [6.45, 7) is 8.81. The van der Waals surface area contributed by atoms with Crippen LogP contribution in [0.1, 0.15) is 47.0 Å². The van der Waals surface area contributed by atoms with Crippen LogP contribution in [-0.2, 0) is 0 Å². The van der Waals surface area contributed by atoms with Crippen molar-refractivity contribution in [3.05, 3.63) is 0 Å². The molecule has 21 heavy (non-hydrogen) atoms. The third-order valence-electron chi connectivity index (χ3n) is 5.78. The molecule has 0 aromatic rings. The molecule has 2 saturated carbocycles. The van der Waals surface area contributed by atoms with Gasteiger partial charge in [-0.1, -0.05) is 0 Å². The number of aliphatic imine (C=N–C) groups is 1. The van der Waals surface area contributed by atoms with Gasteiger partial charge in [-0.3, -0.25) is 0 Å². The third-order valence-corrected chi connectivity index (χ3v) is 16.2. The number of halogens is 1. The Kier molecular flexibility index (Phi) is 3.30. The third kappa shape index (κ3) is 2.49. The molecule has 0 amide bonds. The van der Waals surface area contributed by atoms with Crippen molar-refractivity contribution in [3.8, 4) is 0 Å². The van der Waals surface area contributed by atoms with Crippen LogP contribution in [0.15, 0.2) is 4.99 Å². The van der Waals surface area contributed by atoms with Crippen LogP contribution in [0, 0.1) is 23.2 Å². The van der Waals surface area contributed by atoms with Crippen LogP contribution in [0.5, 0.6) is 0 Å². The molecule has 5 rings (SSSR count). The van der Waals surface area contributed by atoms with E-state index in [1.807, 2.05) is 0 Å². The topological polar surface area (TPSA) is 36.4 Å². The van der Waals surface area contributed by atoms with Crippen LogP contribution < -0.4 is 27.6 Å². The molecule has 5 fully saturated rings. The average molecular weight is 404 g/mol. The Morgan fingerprint density at radius 3 is 2.67 bits per heavy atom. The molecule has 2 N–H and O–H groups in total. The van der Waals surface area contributed by atoms with Crippen molar-refractivity contribution in [2.75, 3.05) is 13.3 Å². The normalized spacial score (nSPS) is 50.0. The summed E-state index contributed by atoms with van der Waals surface area (Å²) in [5, 5.41) is 3.60. The molecule has 3 saturated heterocycles. The predicted octanol–water partition coefficient (Wildman–Crippen LogP) is -0.526. The summed E-state index contributed by atoms with van der Waals surface area (Å²) in [5.74, 6) is 4.43. The maximum atomic E-state index is 4.87. The molecule has 5 atom stereocenters. The molecule has 3 heterocycles. The van der Waals surface area contributed by atoms with Crippen LogP contribution in [0.3, 0.4) is 0 Å². The van der Waals surface area contributed by atoms with Gasteiger partial charge < -0.3 is 0 Å². The number of nitrogens with zero attached hydrogens (tertiary/aromatic N) is 1. The fourth-order valence-corrected chi connectivity index (χ4v) is 18.7. The number of hydrogen-bond donors (Lipinski definition) is 2. The summed E-state index contributed by atoms with van der Waals surface area (Å²) in [6, 6.07) is 0.845. The molecule has 0 radical (unpaired) electrons. The van der Waals surface area contributed by atoms with Gasteiger partial charge in [-0.25, -0.2) is 0 Å². The fraction of sp³-hybridized carbons (Fsp3) is 0.941. The zero-order valence-electron chi connectivity index (χ0n) is 14.0. The first-order valence-electron chi connectivity index (χ1n) is 8.70. The summed E-state index contributed by atoms with van der Waals surface area (Å²) < 4.78 is 8.83. The zero-order valence-corrected chi connectivity index (χ0v) is 16.1. The standard InChI is InChI=1S/C17H31IN3/c1-11(2)19-16(20-12(3)4)21-18-8-13-5-14(9-18)15-7-17(15,6-13)10-18/h11-15H,5-10H2,1-4H3,(H2,19,20,21)/q-1. The number of guanidine groups is 1. The van der Waals surface area contributed by atoms with Gasteiger partial charge in [0, 0.05) is 0 Å². The SMILES string of the molecule is CC(C)N=C(NC(C)C)N[I-]12CC3CC(C1)C1CC1(C3)C2. The molecule has 0 aromatic heterocycles. The van der Waals surface area contributed by atoms with Gasteiger partial charge in [0.25, 0.3) is 0 Å². The summed E-state index contributed by atoms with van der Waals surface area (Å²) in [6.07, 6.45) is 4.72. The second kappa shape index (κ2) is 4.75. The number of rotatable bonds is 3. The van der Waals surface area contributed by atoms with E-state index in [0.717, 1.165) is 29.1 Å². The quantitative estimate of drug-likeness (QED) is 0.218. The van der Waals surface area contributed by atoms with Crippen molar-refractivity contribution in [2.45, 2.75) is 59.0 Å². The molecule has 1 spiro atoms. The molecule has 5 unspecified atom stereocenters. The van der Waals surface area contributed by atoms with Crippen molar-refractivity contribution >= 4 is 5.96 Å². The Bertz CT molecular complexity index is 475. The van der Waals surface area contributed by atoms with Gasteiger partial charge in [-0.05, 0) is 0 Å². The molecular formula is C17H31IN3-. The zero-order chi connectivity index (χ0) is 14.8. The van der Waals surface area contributed by atoms with Crippen molar-refractivity contribution < 1.29 is 18.7 Å². The van der Waals surface area contributed by atoms with Gasteiger partial charge in [0.2, 0.25) is 0 Å². The van der Waals surface area contributed by atoms with Crippen LogP contribution in [0.2, 0.25) is 0 Å². The monoisotopic (exact) mass is 404 g/mol. The number of hydrogen-bond acceptors (Lipinski definition) is 1. The fourth-order valence-electron chi connectivity index (χ4n) is 5.43. The summed E-state index contributed by atoms with van der Waals surface area (Å²) >= 11 is -1.81. The Balaban J connectivity index is 1.55. The van der Waals surface area contributed by atoms with E-state index in [0.29, 0.717) is 12.1 Å². The van der Waals surface area contributed by atoms with E-state index < -0.39 is 18.7 Å². The average Bonchev–Trinajstić information content (AvgIpc) is 2.99. The van der Waals surface area contributed by atoms with Crippen LogP contribution in [0.4, 0.5) is 0 Å². The van der Waals surface area contributed by atoms with E-state index in [4.69, 9.17) is 4.99 Å². The maximum absolute atomic E-state index is 4.87. The van der Waals surface area contributed by atoms with Gasteiger partial charge in [0.15, 0.2) is 0 Å². The molecule has 0 aromatic carbocycles. The van der Waals surface area contributed by atoms with Gasteiger partial charge in [-0.2, -0.15) is 0 Å². The molecule has 5 aliphatic rings. The number of alkyl halides is 3. The minimum atomic E-state index is -1.81. The van der Waals surface area contributed by atoms with Crippen LogP contribution >= 0.6 is 0 Å². The molecule has 4 heteroatoms. The molecule has 3 aliphatic heterocycles. The van der Waals surface area contributed by atoms with E-state index in [1.54, 1.807) is 32.5 Å². The first-order chi connectivity index (χ1) is 9.90. The Morgan fingerprint density at radius 1 is 1.19 bits per heavy atom. The Hall–Kier alpha value is 0. The van der Waals surface area contributed by atoms with E-state index >= 15 is 0 Å². The van der Waals surface area contributed by atoms with Crippen LogP contribution in [-0.4, -0.2) is 31.3 Å². The Morgan fingerprint density at radius 2 is 2.00 bits per heavy atom. The second-order valence-electron chi connectivity index (χ2n) is 8.61. The van der Waals surface area contributed by atoms with E-state index in [9.17, 15) is 0 Å². The molecule has 122 valence electrons. The van der Waals surface area contributed by atoms with Crippen molar-refractivity contribution in [1.82, 2.24) is 8.85 Å². The van der Waals surface area contributed by atoms with Gasteiger partial charge in [0.05, 0.1) is 0 Å². The first kappa shape index (κ1) is 14.6. The minimum absolute atomic E-state index is 0.376. The summed E-state index contributed by atoms with van der Waals surface area (Å²) in [7, 11) is 0. The van der Waals surface area contributed by atoms with Crippen molar-refractivity contribution in [2.24, 2.45) is 28.2 Å². The van der Waals surface area contributed by atoms with Crippen molar-refractivity contribution in [1.29, 1.82) is 0 Å². The van der Waals surface area contributed by atoms with E-state index in [2.05, 4.69) is 36.5 Å². The molecule has 4 bridgehead atoms. The molecule has 3 nitrogen and oxygen atoms in total. The van der Waals surface area contributed by atoms with Crippen molar-refractivity contribution in [3.63, 3.8) is 0 Å². The number of nitrogens with one attached hydrogen (secondary N) is 2. The molecule has 2 aliphatic carbocycles. The van der Waals surface area contributed by atoms with Gasteiger partial charge >= 0.3 is 134 Å². The van der Waals surface area contributed by atoms with Crippen LogP contribution in [0.25, 0.3) is 0 Å². The Labute approximate surface area is 134 Å². The van der Waals surface area contributed by atoms with E-state index in [1.165, 1.54) is 0 Å². The molecular weight excluding hydrogens is 373 g/mol.